The lowest BCUT2D eigenvalue weighted by Gasteiger charge is -2.15. The van der Waals surface area contributed by atoms with Crippen LogP contribution in [0.25, 0.3) is 0 Å². The van der Waals surface area contributed by atoms with Crippen molar-refractivity contribution in [2.45, 2.75) is 17.9 Å². The van der Waals surface area contributed by atoms with Gasteiger partial charge in [-0.3, -0.25) is 14.9 Å². The SMILES string of the molecule is COc1ccc(C(C)NC(=O)CSc2ccc([N+](=O)[O-])cc2)cc1F. The molecule has 0 heterocycles. The van der Waals surface area contributed by atoms with E-state index in [4.69, 9.17) is 4.74 Å². The number of non-ortho nitro benzene ring substituents is 1. The second-order valence-electron chi connectivity index (χ2n) is 5.22. The standard InChI is InChI=1S/C17H17FN2O4S/c1-11(12-3-8-16(24-2)15(18)9-12)19-17(21)10-25-14-6-4-13(5-7-14)20(22)23/h3-9,11H,10H2,1-2H3,(H,19,21). The van der Waals surface area contributed by atoms with Crippen molar-refractivity contribution in [1.29, 1.82) is 0 Å². The zero-order chi connectivity index (χ0) is 18.4. The molecule has 8 heteroatoms. The number of hydrogen-bond donors (Lipinski definition) is 1. The minimum Gasteiger partial charge on any atom is -0.494 e. The smallest absolute Gasteiger partial charge is 0.269 e. The van der Waals surface area contributed by atoms with E-state index in [1.54, 1.807) is 25.1 Å². The summed E-state index contributed by atoms with van der Waals surface area (Å²) in [6.45, 7) is 1.76. The molecule has 0 bridgehead atoms. The molecule has 2 aromatic rings. The second kappa shape index (κ2) is 8.48. The molecule has 6 nitrogen and oxygen atoms in total. The Morgan fingerprint density at radius 2 is 2.00 bits per heavy atom. The number of rotatable bonds is 7. The molecule has 1 atom stereocenters. The van der Waals surface area contributed by atoms with Crippen LogP contribution in [0.15, 0.2) is 47.4 Å². The molecule has 0 aliphatic carbocycles. The predicted octanol–water partition coefficient (Wildman–Crippen LogP) is 3.71. The highest BCUT2D eigenvalue weighted by Gasteiger charge is 2.13. The molecule has 2 aromatic carbocycles. The topological polar surface area (TPSA) is 81.5 Å². The van der Waals surface area contributed by atoms with Gasteiger partial charge in [0.2, 0.25) is 5.91 Å². The molecule has 0 saturated carbocycles. The zero-order valence-corrected chi connectivity index (χ0v) is 14.5. The van der Waals surface area contributed by atoms with Crippen molar-refractivity contribution in [3.63, 3.8) is 0 Å². The fourth-order valence-electron chi connectivity index (χ4n) is 2.13. The average Bonchev–Trinajstić information content (AvgIpc) is 2.60. The molecule has 0 aliphatic rings. The van der Waals surface area contributed by atoms with Gasteiger partial charge in [-0.25, -0.2) is 4.39 Å². The molecule has 0 aliphatic heterocycles. The van der Waals surface area contributed by atoms with E-state index in [1.807, 2.05) is 0 Å². The maximum atomic E-state index is 13.7. The van der Waals surface area contributed by atoms with Gasteiger partial charge in [0.25, 0.3) is 5.69 Å². The fourth-order valence-corrected chi connectivity index (χ4v) is 2.84. The van der Waals surface area contributed by atoms with Gasteiger partial charge in [0.1, 0.15) is 0 Å². The van der Waals surface area contributed by atoms with Crippen LogP contribution in [0, 0.1) is 15.9 Å². The molecule has 0 aromatic heterocycles. The van der Waals surface area contributed by atoms with Crippen molar-refractivity contribution >= 4 is 23.4 Å². The van der Waals surface area contributed by atoms with Gasteiger partial charge in [0.05, 0.1) is 23.8 Å². The number of halogens is 1. The molecule has 1 amide bonds. The number of hydrogen-bond acceptors (Lipinski definition) is 5. The van der Waals surface area contributed by atoms with Crippen LogP contribution in [0.4, 0.5) is 10.1 Å². The quantitative estimate of drug-likeness (QED) is 0.460. The Hall–Kier alpha value is -2.61. The van der Waals surface area contributed by atoms with Crippen molar-refractivity contribution in [2.24, 2.45) is 0 Å². The highest BCUT2D eigenvalue weighted by atomic mass is 32.2. The third-order valence-electron chi connectivity index (χ3n) is 3.47. The molecular weight excluding hydrogens is 347 g/mol. The Morgan fingerprint density at radius 3 is 2.56 bits per heavy atom. The summed E-state index contributed by atoms with van der Waals surface area (Å²) in [5.41, 5.74) is 0.635. The lowest BCUT2D eigenvalue weighted by molar-refractivity contribution is -0.384. The van der Waals surface area contributed by atoms with Gasteiger partial charge in [0.15, 0.2) is 11.6 Å². The number of carbonyl (C=O) groups is 1. The van der Waals surface area contributed by atoms with Gasteiger partial charge in [-0.1, -0.05) is 6.07 Å². The number of nitro groups is 1. The Balaban J connectivity index is 1.89. The molecule has 0 fully saturated rings. The number of thioether (sulfide) groups is 1. The Kier molecular flexibility index (Phi) is 6.35. The molecule has 1 N–H and O–H groups in total. The first kappa shape index (κ1) is 18.7. The first-order chi connectivity index (χ1) is 11.9. The van der Waals surface area contributed by atoms with Crippen LogP contribution in [0.3, 0.4) is 0 Å². The van der Waals surface area contributed by atoms with Crippen molar-refractivity contribution in [2.75, 3.05) is 12.9 Å². The molecule has 0 saturated heterocycles. The highest BCUT2D eigenvalue weighted by molar-refractivity contribution is 8.00. The van der Waals surface area contributed by atoms with E-state index in [9.17, 15) is 19.3 Å². The van der Waals surface area contributed by atoms with Crippen LogP contribution >= 0.6 is 11.8 Å². The molecular formula is C17H17FN2O4S. The maximum absolute atomic E-state index is 13.7. The van der Waals surface area contributed by atoms with Crippen LogP contribution in [0.2, 0.25) is 0 Å². The number of nitrogens with zero attached hydrogens (tertiary/aromatic N) is 1. The Morgan fingerprint density at radius 1 is 1.32 bits per heavy atom. The van der Waals surface area contributed by atoms with E-state index >= 15 is 0 Å². The zero-order valence-electron chi connectivity index (χ0n) is 13.7. The first-order valence-corrected chi connectivity index (χ1v) is 8.39. The summed E-state index contributed by atoms with van der Waals surface area (Å²) >= 11 is 1.27. The molecule has 0 spiro atoms. The van der Waals surface area contributed by atoms with Gasteiger partial charge in [-0.2, -0.15) is 0 Å². The highest BCUT2D eigenvalue weighted by Crippen LogP contribution is 2.23. The summed E-state index contributed by atoms with van der Waals surface area (Å²) in [4.78, 5) is 22.9. The minimum atomic E-state index is -0.485. The lowest BCUT2D eigenvalue weighted by Crippen LogP contribution is -2.28. The van der Waals surface area contributed by atoms with E-state index in [0.717, 1.165) is 4.90 Å². The van der Waals surface area contributed by atoms with E-state index in [0.29, 0.717) is 5.56 Å². The van der Waals surface area contributed by atoms with E-state index < -0.39 is 10.7 Å². The Bertz CT molecular complexity index is 768. The van der Waals surface area contributed by atoms with E-state index in [1.165, 1.54) is 43.1 Å². The molecule has 2 rings (SSSR count). The van der Waals surface area contributed by atoms with Gasteiger partial charge in [-0.15, -0.1) is 11.8 Å². The number of methoxy groups -OCH3 is 1. The minimum absolute atomic E-state index is 0.00366. The third-order valence-corrected chi connectivity index (χ3v) is 4.48. The average molecular weight is 364 g/mol. The summed E-state index contributed by atoms with van der Waals surface area (Å²) in [5, 5.41) is 13.4. The predicted molar refractivity (Wildman–Crippen MR) is 93.3 cm³/mol. The van der Waals surface area contributed by atoms with Crippen LogP contribution in [0.1, 0.15) is 18.5 Å². The molecule has 132 valence electrons. The monoisotopic (exact) mass is 364 g/mol. The number of carbonyl (C=O) groups excluding carboxylic acids is 1. The molecule has 1 unspecified atom stereocenters. The van der Waals surface area contributed by atoms with Gasteiger partial charge in [-0.05, 0) is 36.8 Å². The number of nitrogens with one attached hydrogen (secondary N) is 1. The van der Waals surface area contributed by atoms with Crippen LogP contribution < -0.4 is 10.1 Å². The number of benzene rings is 2. The summed E-state index contributed by atoms with van der Waals surface area (Å²) in [7, 11) is 1.39. The lowest BCUT2D eigenvalue weighted by atomic mass is 10.1. The summed E-state index contributed by atoms with van der Waals surface area (Å²) in [6.07, 6.45) is 0. The molecule has 0 radical (unpaired) electrons. The van der Waals surface area contributed by atoms with Crippen LogP contribution in [0.5, 0.6) is 5.75 Å². The fraction of sp³-hybridized carbons (Fsp3) is 0.235. The first-order valence-electron chi connectivity index (χ1n) is 7.40. The number of nitro benzene ring substituents is 1. The summed E-state index contributed by atoms with van der Waals surface area (Å²) in [6, 6.07) is 10.1. The van der Waals surface area contributed by atoms with Crippen LogP contribution in [-0.2, 0) is 4.79 Å². The Labute approximate surface area is 148 Å². The maximum Gasteiger partial charge on any atom is 0.269 e. The van der Waals surface area contributed by atoms with Crippen molar-refractivity contribution in [3.8, 4) is 5.75 Å². The van der Waals surface area contributed by atoms with E-state index in [2.05, 4.69) is 5.32 Å². The van der Waals surface area contributed by atoms with Gasteiger partial charge < -0.3 is 10.1 Å². The third kappa shape index (κ3) is 5.18. The molecule has 25 heavy (non-hydrogen) atoms. The van der Waals surface area contributed by atoms with Crippen molar-refractivity contribution < 1.29 is 18.8 Å². The van der Waals surface area contributed by atoms with Gasteiger partial charge >= 0.3 is 0 Å². The number of amides is 1. The van der Waals surface area contributed by atoms with Crippen molar-refractivity contribution in [3.05, 3.63) is 64.0 Å². The summed E-state index contributed by atoms with van der Waals surface area (Å²) in [5.74, 6) is -0.398. The summed E-state index contributed by atoms with van der Waals surface area (Å²) < 4.78 is 18.6. The normalized spacial score (nSPS) is 11.6. The van der Waals surface area contributed by atoms with Gasteiger partial charge in [0, 0.05) is 17.0 Å². The van der Waals surface area contributed by atoms with Crippen LogP contribution in [-0.4, -0.2) is 23.7 Å². The van der Waals surface area contributed by atoms with Crippen molar-refractivity contribution in [1.82, 2.24) is 5.32 Å². The number of ether oxygens (including phenoxy) is 1. The van der Waals surface area contributed by atoms with E-state index in [-0.39, 0.29) is 29.1 Å². The largest absolute Gasteiger partial charge is 0.494 e. The second-order valence-corrected chi connectivity index (χ2v) is 6.27.